The van der Waals surface area contributed by atoms with Gasteiger partial charge in [-0.15, -0.1) is 0 Å². The van der Waals surface area contributed by atoms with Crippen LogP contribution in [0.4, 0.5) is 17.6 Å². The maximum atomic E-state index is 13.9. The first-order valence-electron chi connectivity index (χ1n) is 7.83. The summed E-state index contributed by atoms with van der Waals surface area (Å²) < 4.78 is 85.9. The highest BCUT2D eigenvalue weighted by molar-refractivity contribution is 7.89. The Bertz CT molecular complexity index is 1000. The van der Waals surface area contributed by atoms with Crippen molar-refractivity contribution in [2.24, 2.45) is 0 Å². The number of rotatable bonds is 6. The number of alkyl halides is 3. The van der Waals surface area contributed by atoms with Gasteiger partial charge in [0.2, 0.25) is 10.0 Å². The van der Waals surface area contributed by atoms with Crippen molar-refractivity contribution in [1.82, 2.24) is 9.29 Å². The van der Waals surface area contributed by atoms with E-state index in [4.69, 9.17) is 10.00 Å². The standard InChI is InChI=1S/C17H15F4N3O3S/c1-3-24(28(25,26)13-6-11(8-22)9-23-10-13)16(17(19,20)21)12-4-5-14(18)15(7-12)27-2/h4-7,9-10,16H,3H2,1-2H3/t16-/m1/s1. The molecule has 1 heterocycles. The Morgan fingerprint density at radius 1 is 1.29 bits per heavy atom. The van der Waals surface area contributed by atoms with Crippen molar-refractivity contribution in [3.63, 3.8) is 0 Å². The molecule has 2 aromatic rings. The van der Waals surface area contributed by atoms with Gasteiger partial charge in [-0.2, -0.15) is 22.7 Å². The van der Waals surface area contributed by atoms with E-state index < -0.39 is 50.8 Å². The molecule has 1 aromatic carbocycles. The summed E-state index contributed by atoms with van der Waals surface area (Å²) in [7, 11) is -3.60. The Balaban J connectivity index is 2.65. The van der Waals surface area contributed by atoms with Crippen LogP contribution in [0.5, 0.6) is 5.75 Å². The first-order valence-corrected chi connectivity index (χ1v) is 9.27. The molecule has 0 spiro atoms. The lowest BCUT2D eigenvalue weighted by Crippen LogP contribution is -2.42. The van der Waals surface area contributed by atoms with Gasteiger partial charge in [-0.05, 0) is 23.8 Å². The van der Waals surface area contributed by atoms with E-state index in [1.807, 2.05) is 0 Å². The van der Waals surface area contributed by atoms with Gasteiger partial charge in [-0.25, -0.2) is 12.8 Å². The Hall–Kier alpha value is -2.71. The summed E-state index contributed by atoms with van der Waals surface area (Å²) in [6, 6.07) is 2.44. The molecule has 0 fully saturated rings. The van der Waals surface area contributed by atoms with Crippen molar-refractivity contribution >= 4 is 10.0 Å². The van der Waals surface area contributed by atoms with E-state index in [0.717, 1.165) is 43.8 Å². The molecule has 6 nitrogen and oxygen atoms in total. The minimum Gasteiger partial charge on any atom is -0.494 e. The van der Waals surface area contributed by atoms with E-state index in [1.165, 1.54) is 6.92 Å². The monoisotopic (exact) mass is 417 g/mol. The second-order valence-electron chi connectivity index (χ2n) is 5.57. The molecule has 0 bridgehead atoms. The molecule has 0 aliphatic heterocycles. The van der Waals surface area contributed by atoms with Crippen LogP contribution < -0.4 is 4.74 Å². The zero-order chi connectivity index (χ0) is 21.1. The lowest BCUT2D eigenvalue weighted by atomic mass is 10.1. The van der Waals surface area contributed by atoms with E-state index in [0.29, 0.717) is 0 Å². The fraction of sp³-hybridized carbons (Fsp3) is 0.294. The number of hydrogen-bond acceptors (Lipinski definition) is 5. The topological polar surface area (TPSA) is 83.3 Å². The molecule has 2 rings (SSSR count). The third-order valence-corrected chi connectivity index (χ3v) is 5.75. The number of benzene rings is 1. The van der Waals surface area contributed by atoms with Gasteiger partial charge in [-0.3, -0.25) is 4.98 Å². The second kappa shape index (κ2) is 8.12. The first-order chi connectivity index (χ1) is 13.1. The Morgan fingerprint density at radius 3 is 2.50 bits per heavy atom. The molecule has 28 heavy (non-hydrogen) atoms. The third-order valence-electron chi connectivity index (χ3n) is 3.85. The number of nitriles is 1. The summed E-state index contributed by atoms with van der Waals surface area (Å²) in [6.45, 7) is 0.696. The number of pyridine rings is 1. The number of halogens is 4. The van der Waals surface area contributed by atoms with Crippen LogP contribution in [0.3, 0.4) is 0 Å². The lowest BCUT2D eigenvalue weighted by Gasteiger charge is -2.32. The quantitative estimate of drug-likeness (QED) is 0.673. The molecular formula is C17H15F4N3O3S. The average molecular weight is 417 g/mol. The Kier molecular flexibility index (Phi) is 6.26. The number of nitrogens with zero attached hydrogens (tertiary/aromatic N) is 3. The van der Waals surface area contributed by atoms with Gasteiger partial charge < -0.3 is 4.74 Å². The van der Waals surface area contributed by atoms with Crippen molar-refractivity contribution < 1.29 is 30.7 Å². The van der Waals surface area contributed by atoms with Gasteiger partial charge in [0.1, 0.15) is 17.0 Å². The van der Waals surface area contributed by atoms with E-state index in [1.54, 1.807) is 6.07 Å². The fourth-order valence-electron chi connectivity index (χ4n) is 2.61. The van der Waals surface area contributed by atoms with Crippen LogP contribution in [0, 0.1) is 17.1 Å². The van der Waals surface area contributed by atoms with Crippen molar-refractivity contribution in [3.05, 3.63) is 53.6 Å². The second-order valence-corrected chi connectivity index (χ2v) is 7.46. The molecular weight excluding hydrogens is 402 g/mol. The number of hydrogen-bond donors (Lipinski definition) is 0. The summed E-state index contributed by atoms with van der Waals surface area (Å²) in [5.41, 5.74) is -0.635. The summed E-state index contributed by atoms with van der Waals surface area (Å²) in [5.74, 6) is -1.34. The highest BCUT2D eigenvalue weighted by Gasteiger charge is 2.49. The van der Waals surface area contributed by atoms with Crippen molar-refractivity contribution in [2.45, 2.75) is 24.0 Å². The Labute approximate surface area is 159 Å². The molecule has 0 saturated heterocycles. The van der Waals surface area contributed by atoms with Gasteiger partial charge in [0, 0.05) is 18.9 Å². The SMILES string of the molecule is CCN([C@H](c1ccc(F)c(OC)c1)C(F)(F)F)S(=O)(=O)c1cncc(C#N)c1. The molecule has 0 saturated carbocycles. The minimum atomic E-state index is -5.01. The summed E-state index contributed by atoms with van der Waals surface area (Å²) in [6.07, 6.45) is -3.06. The average Bonchev–Trinajstić information content (AvgIpc) is 2.65. The van der Waals surface area contributed by atoms with Gasteiger partial charge in [0.25, 0.3) is 0 Å². The normalized spacial score (nSPS) is 13.2. The van der Waals surface area contributed by atoms with Crippen molar-refractivity contribution in [3.8, 4) is 11.8 Å². The zero-order valence-corrected chi connectivity index (χ0v) is 15.6. The summed E-state index contributed by atoms with van der Waals surface area (Å²) >= 11 is 0. The predicted molar refractivity (Wildman–Crippen MR) is 90.3 cm³/mol. The van der Waals surface area contributed by atoms with E-state index in [-0.39, 0.29) is 9.87 Å². The molecule has 0 radical (unpaired) electrons. The number of ether oxygens (including phenoxy) is 1. The molecule has 0 aliphatic carbocycles. The van der Waals surface area contributed by atoms with E-state index >= 15 is 0 Å². The minimum absolute atomic E-state index is 0.121. The van der Waals surface area contributed by atoms with Crippen LogP contribution in [0.1, 0.15) is 24.1 Å². The molecule has 0 amide bonds. The molecule has 150 valence electrons. The van der Waals surface area contributed by atoms with Crippen LogP contribution in [-0.4, -0.2) is 37.5 Å². The maximum absolute atomic E-state index is 13.9. The molecule has 0 unspecified atom stereocenters. The van der Waals surface area contributed by atoms with E-state index in [9.17, 15) is 26.0 Å². The number of methoxy groups -OCH3 is 1. The largest absolute Gasteiger partial charge is 0.494 e. The fourth-order valence-corrected chi connectivity index (χ4v) is 4.21. The maximum Gasteiger partial charge on any atom is 0.409 e. The van der Waals surface area contributed by atoms with Gasteiger partial charge in [0.05, 0.1) is 12.7 Å². The summed E-state index contributed by atoms with van der Waals surface area (Å²) in [4.78, 5) is 3.03. The van der Waals surface area contributed by atoms with Gasteiger partial charge >= 0.3 is 6.18 Å². The van der Waals surface area contributed by atoms with Crippen molar-refractivity contribution in [2.75, 3.05) is 13.7 Å². The molecule has 0 N–H and O–H groups in total. The number of aromatic nitrogens is 1. The summed E-state index contributed by atoms with van der Waals surface area (Å²) in [5, 5.41) is 8.90. The first kappa shape index (κ1) is 21.6. The molecule has 11 heteroatoms. The highest BCUT2D eigenvalue weighted by atomic mass is 32.2. The zero-order valence-electron chi connectivity index (χ0n) is 14.7. The third kappa shape index (κ3) is 4.23. The van der Waals surface area contributed by atoms with Crippen LogP contribution in [0.15, 0.2) is 41.6 Å². The van der Waals surface area contributed by atoms with Crippen LogP contribution in [-0.2, 0) is 10.0 Å². The van der Waals surface area contributed by atoms with Crippen molar-refractivity contribution in [1.29, 1.82) is 5.26 Å². The van der Waals surface area contributed by atoms with Gasteiger partial charge in [-0.1, -0.05) is 13.0 Å². The molecule has 0 aliphatic rings. The molecule has 1 aromatic heterocycles. The van der Waals surface area contributed by atoms with Crippen LogP contribution in [0.2, 0.25) is 0 Å². The predicted octanol–water partition coefficient (Wildman–Crippen LogP) is 3.42. The Morgan fingerprint density at radius 2 is 1.96 bits per heavy atom. The smallest absolute Gasteiger partial charge is 0.409 e. The lowest BCUT2D eigenvalue weighted by molar-refractivity contribution is -0.173. The van der Waals surface area contributed by atoms with E-state index in [2.05, 4.69) is 4.98 Å². The van der Waals surface area contributed by atoms with Gasteiger partial charge in [0.15, 0.2) is 11.6 Å². The highest BCUT2D eigenvalue weighted by Crippen LogP contribution is 2.41. The number of sulfonamides is 1. The van der Waals surface area contributed by atoms with Crippen LogP contribution in [0.25, 0.3) is 0 Å². The molecule has 1 atom stereocenters. The van der Waals surface area contributed by atoms with Crippen LogP contribution >= 0.6 is 0 Å².